The molecule has 2 aromatic rings. The molecule has 0 aliphatic carbocycles. The first-order valence-corrected chi connectivity index (χ1v) is 11.6. The standard InChI is InChI=1S/C24H33N5O2/c1-17-13-29(14-18(2)31-17)24-25-22-16-27(12-9-21(22)23(30)26-24)15-19-5-7-20(8-6-19)28-10-3-4-11-28/h5-8,17-18H,3-4,9-16H2,1-2H3,(H,25,26,30)/t17-,18-/m1/s1. The number of ether oxygens (including phenoxy) is 1. The van der Waals surface area contributed by atoms with Gasteiger partial charge in [0.05, 0.1) is 17.9 Å². The number of morpholine rings is 1. The molecule has 3 aliphatic rings. The van der Waals surface area contributed by atoms with Gasteiger partial charge in [0.1, 0.15) is 0 Å². The molecule has 0 bridgehead atoms. The number of hydrogen-bond acceptors (Lipinski definition) is 6. The fourth-order valence-electron chi connectivity index (χ4n) is 5.16. The third-order valence-electron chi connectivity index (χ3n) is 6.67. The fourth-order valence-corrected chi connectivity index (χ4v) is 5.16. The fraction of sp³-hybridized carbons (Fsp3) is 0.583. The molecule has 2 saturated heterocycles. The lowest BCUT2D eigenvalue weighted by Crippen LogP contribution is -2.47. The lowest BCUT2D eigenvalue weighted by molar-refractivity contribution is -0.00576. The van der Waals surface area contributed by atoms with Crippen LogP contribution >= 0.6 is 0 Å². The molecule has 3 aliphatic heterocycles. The number of nitrogens with zero attached hydrogens (tertiary/aromatic N) is 4. The summed E-state index contributed by atoms with van der Waals surface area (Å²) in [6.07, 6.45) is 3.60. The topological polar surface area (TPSA) is 64.7 Å². The third-order valence-corrected chi connectivity index (χ3v) is 6.67. The first-order valence-electron chi connectivity index (χ1n) is 11.6. The summed E-state index contributed by atoms with van der Waals surface area (Å²) in [6, 6.07) is 8.99. The molecule has 0 saturated carbocycles. The maximum Gasteiger partial charge on any atom is 0.255 e. The summed E-state index contributed by atoms with van der Waals surface area (Å²) in [5, 5.41) is 0. The molecule has 4 heterocycles. The number of anilines is 2. The molecule has 2 atom stereocenters. The number of nitrogens with one attached hydrogen (secondary N) is 1. The molecule has 1 N–H and O–H groups in total. The molecule has 0 amide bonds. The summed E-state index contributed by atoms with van der Waals surface area (Å²) in [6.45, 7) is 10.5. The van der Waals surface area contributed by atoms with E-state index in [2.05, 4.69) is 57.8 Å². The van der Waals surface area contributed by atoms with Crippen LogP contribution in [0.3, 0.4) is 0 Å². The van der Waals surface area contributed by atoms with Crippen molar-refractivity contribution in [3.05, 3.63) is 51.4 Å². The second-order valence-corrected chi connectivity index (χ2v) is 9.30. The van der Waals surface area contributed by atoms with Crippen LogP contribution in [0.2, 0.25) is 0 Å². The van der Waals surface area contributed by atoms with E-state index >= 15 is 0 Å². The Labute approximate surface area is 184 Å². The van der Waals surface area contributed by atoms with Crippen LogP contribution in [0.5, 0.6) is 0 Å². The number of fused-ring (bicyclic) bond motifs is 1. The highest BCUT2D eigenvalue weighted by Gasteiger charge is 2.27. The quantitative estimate of drug-likeness (QED) is 0.815. The Morgan fingerprint density at radius 3 is 2.45 bits per heavy atom. The van der Waals surface area contributed by atoms with Gasteiger partial charge in [0, 0.05) is 57.1 Å². The van der Waals surface area contributed by atoms with Gasteiger partial charge in [0.2, 0.25) is 5.95 Å². The van der Waals surface area contributed by atoms with Crippen LogP contribution in [-0.4, -0.2) is 59.8 Å². The van der Waals surface area contributed by atoms with Crippen LogP contribution in [0, 0.1) is 0 Å². The van der Waals surface area contributed by atoms with Crippen molar-refractivity contribution in [1.82, 2.24) is 14.9 Å². The van der Waals surface area contributed by atoms with E-state index in [-0.39, 0.29) is 17.8 Å². The number of benzene rings is 1. The number of aromatic nitrogens is 2. The smallest absolute Gasteiger partial charge is 0.255 e. The number of aromatic amines is 1. The predicted molar refractivity (Wildman–Crippen MR) is 123 cm³/mol. The maximum absolute atomic E-state index is 12.7. The monoisotopic (exact) mass is 423 g/mol. The first-order chi connectivity index (χ1) is 15.0. The maximum atomic E-state index is 12.7. The van der Waals surface area contributed by atoms with Gasteiger partial charge in [0.25, 0.3) is 5.56 Å². The van der Waals surface area contributed by atoms with Crippen molar-refractivity contribution in [1.29, 1.82) is 0 Å². The summed E-state index contributed by atoms with van der Waals surface area (Å²) >= 11 is 0. The van der Waals surface area contributed by atoms with E-state index < -0.39 is 0 Å². The number of rotatable bonds is 4. The van der Waals surface area contributed by atoms with Gasteiger partial charge in [0.15, 0.2) is 0 Å². The van der Waals surface area contributed by atoms with E-state index in [9.17, 15) is 4.79 Å². The first kappa shape index (κ1) is 20.5. The van der Waals surface area contributed by atoms with Crippen molar-refractivity contribution >= 4 is 11.6 Å². The second kappa shape index (κ2) is 8.63. The predicted octanol–water partition coefficient (Wildman–Crippen LogP) is 2.54. The normalized spacial score (nSPS) is 24.5. The van der Waals surface area contributed by atoms with Crippen molar-refractivity contribution in [3.8, 4) is 0 Å². The molecule has 1 aromatic heterocycles. The SMILES string of the molecule is C[C@@H]1CN(c2nc3c(c(=O)[nH]2)CCN(Cc2ccc(N4CCCC4)cc2)C3)C[C@@H](C)O1. The molecule has 0 unspecified atom stereocenters. The zero-order chi connectivity index (χ0) is 21.4. The number of H-pyrrole nitrogens is 1. The Morgan fingerprint density at radius 1 is 1.03 bits per heavy atom. The minimum Gasteiger partial charge on any atom is -0.372 e. The van der Waals surface area contributed by atoms with Crippen LogP contribution < -0.4 is 15.4 Å². The van der Waals surface area contributed by atoms with Crippen molar-refractivity contribution in [2.75, 3.05) is 42.5 Å². The van der Waals surface area contributed by atoms with Crippen LogP contribution in [-0.2, 0) is 24.2 Å². The van der Waals surface area contributed by atoms with Crippen molar-refractivity contribution in [2.45, 2.75) is 58.4 Å². The van der Waals surface area contributed by atoms with E-state index in [4.69, 9.17) is 9.72 Å². The Morgan fingerprint density at radius 2 is 1.74 bits per heavy atom. The van der Waals surface area contributed by atoms with E-state index in [0.717, 1.165) is 50.4 Å². The van der Waals surface area contributed by atoms with Gasteiger partial charge in [-0.25, -0.2) is 4.98 Å². The lowest BCUT2D eigenvalue weighted by Gasteiger charge is -2.36. The average molecular weight is 424 g/mol. The molecule has 1 aromatic carbocycles. The molecule has 0 spiro atoms. The molecule has 2 fully saturated rings. The summed E-state index contributed by atoms with van der Waals surface area (Å²) in [7, 11) is 0. The van der Waals surface area contributed by atoms with Gasteiger partial charge < -0.3 is 14.5 Å². The van der Waals surface area contributed by atoms with Crippen molar-refractivity contribution < 1.29 is 4.74 Å². The van der Waals surface area contributed by atoms with Crippen LogP contribution in [0.1, 0.15) is 43.5 Å². The van der Waals surface area contributed by atoms with Gasteiger partial charge in [-0.3, -0.25) is 14.7 Å². The molecule has 166 valence electrons. The molecular formula is C24H33N5O2. The van der Waals surface area contributed by atoms with Crippen molar-refractivity contribution in [2.24, 2.45) is 0 Å². The average Bonchev–Trinajstić information content (AvgIpc) is 3.28. The largest absolute Gasteiger partial charge is 0.372 e. The van der Waals surface area contributed by atoms with Gasteiger partial charge in [-0.15, -0.1) is 0 Å². The van der Waals surface area contributed by atoms with Crippen LogP contribution in [0.15, 0.2) is 29.1 Å². The van der Waals surface area contributed by atoms with E-state index in [0.29, 0.717) is 5.95 Å². The highest BCUT2D eigenvalue weighted by atomic mass is 16.5. The Kier molecular flexibility index (Phi) is 5.71. The summed E-state index contributed by atoms with van der Waals surface area (Å²) in [4.78, 5) is 27.7. The minimum atomic E-state index is 0.0152. The molecule has 5 rings (SSSR count). The molecule has 7 nitrogen and oxygen atoms in total. The Hall–Kier alpha value is -2.38. The molecule has 7 heteroatoms. The second-order valence-electron chi connectivity index (χ2n) is 9.30. The van der Waals surface area contributed by atoms with E-state index in [1.54, 1.807) is 0 Å². The minimum absolute atomic E-state index is 0.0152. The highest BCUT2D eigenvalue weighted by Crippen LogP contribution is 2.23. The molecule has 0 radical (unpaired) electrons. The summed E-state index contributed by atoms with van der Waals surface area (Å²) in [5.74, 6) is 0.683. The lowest BCUT2D eigenvalue weighted by atomic mass is 10.1. The zero-order valence-electron chi connectivity index (χ0n) is 18.6. The molecule has 31 heavy (non-hydrogen) atoms. The Balaban J connectivity index is 1.29. The van der Waals surface area contributed by atoms with Gasteiger partial charge in [-0.05, 0) is 50.8 Å². The van der Waals surface area contributed by atoms with Gasteiger partial charge >= 0.3 is 0 Å². The van der Waals surface area contributed by atoms with Gasteiger partial charge in [-0.1, -0.05) is 12.1 Å². The Bertz CT molecular complexity index is 957. The summed E-state index contributed by atoms with van der Waals surface area (Å²) < 4.78 is 5.83. The van der Waals surface area contributed by atoms with E-state index in [1.165, 1.54) is 37.2 Å². The van der Waals surface area contributed by atoms with Crippen LogP contribution in [0.25, 0.3) is 0 Å². The van der Waals surface area contributed by atoms with Crippen LogP contribution in [0.4, 0.5) is 11.6 Å². The van der Waals surface area contributed by atoms with Crippen molar-refractivity contribution in [3.63, 3.8) is 0 Å². The highest BCUT2D eigenvalue weighted by molar-refractivity contribution is 5.48. The van der Waals surface area contributed by atoms with Gasteiger partial charge in [-0.2, -0.15) is 0 Å². The summed E-state index contributed by atoms with van der Waals surface area (Å²) in [5.41, 5.74) is 4.43. The third kappa shape index (κ3) is 4.48. The van der Waals surface area contributed by atoms with E-state index in [1.807, 2.05) is 0 Å². The zero-order valence-corrected chi connectivity index (χ0v) is 18.6. The number of hydrogen-bond donors (Lipinski definition) is 1. The molecular weight excluding hydrogens is 390 g/mol.